The van der Waals surface area contributed by atoms with E-state index in [9.17, 15) is 4.79 Å². The minimum atomic E-state index is 0.175. The van der Waals surface area contributed by atoms with E-state index in [1.165, 1.54) is 6.42 Å². The Morgan fingerprint density at radius 3 is 2.52 bits per heavy atom. The first-order valence-corrected chi connectivity index (χ1v) is 8.63. The van der Waals surface area contributed by atoms with Crippen molar-refractivity contribution in [2.75, 3.05) is 13.1 Å². The van der Waals surface area contributed by atoms with Gasteiger partial charge in [-0.15, -0.1) is 0 Å². The van der Waals surface area contributed by atoms with E-state index < -0.39 is 0 Å². The number of nitrogens with zero attached hydrogens (tertiary/aromatic N) is 1. The molecule has 0 saturated carbocycles. The third kappa shape index (κ3) is 4.32. The predicted molar refractivity (Wildman–Crippen MR) is 91.6 cm³/mol. The Kier molecular flexibility index (Phi) is 5.13. The number of likely N-dealkylation sites (tertiary alicyclic amines) is 1. The van der Waals surface area contributed by atoms with E-state index in [2.05, 4.69) is 36.7 Å². The van der Waals surface area contributed by atoms with Gasteiger partial charge >= 0.3 is 0 Å². The lowest BCUT2D eigenvalue weighted by atomic mass is 9.77. The van der Waals surface area contributed by atoms with Crippen molar-refractivity contribution in [3.8, 4) is 0 Å². The largest absolute Gasteiger partial charge is 0.339 e. The zero-order chi connectivity index (χ0) is 15.6. The lowest BCUT2D eigenvalue weighted by molar-refractivity contribution is 0.0755. The average molecular weight is 352 g/mol. The molecule has 2 nitrogen and oxygen atoms in total. The Bertz CT molecular complexity index is 498. The minimum absolute atomic E-state index is 0.175. The number of rotatable bonds is 1. The number of aryl methyl sites for hydroxylation is 1. The van der Waals surface area contributed by atoms with Crippen LogP contribution < -0.4 is 0 Å². The monoisotopic (exact) mass is 351 g/mol. The number of hydrogen-bond donors (Lipinski definition) is 0. The average Bonchev–Trinajstić information content (AvgIpc) is 2.61. The van der Waals surface area contributed by atoms with Gasteiger partial charge < -0.3 is 4.90 Å². The fraction of sp³-hybridized carbons (Fsp3) is 0.611. The number of amides is 1. The van der Waals surface area contributed by atoms with Crippen molar-refractivity contribution in [2.24, 2.45) is 11.3 Å². The van der Waals surface area contributed by atoms with Gasteiger partial charge in [-0.25, -0.2) is 0 Å². The fourth-order valence-electron chi connectivity index (χ4n) is 3.21. The molecule has 0 bridgehead atoms. The van der Waals surface area contributed by atoms with Gasteiger partial charge in [-0.1, -0.05) is 36.7 Å². The Morgan fingerprint density at radius 1 is 1.19 bits per heavy atom. The number of hydrogen-bond acceptors (Lipinski definition) is 1. The van der Waals surface area contributed by atoms with E-state index in [4.69, 9.17) is 0 Å². The smallest absolute Gasteiger partial charge is 0.253 e. The molecule has 0 spiro atoms. The van der Waals surface area contributed by atoms with Gasteiger partial charge in [0.05, 0.1) is 0 Å². The molecule has 1 unspecified atom stereocenters. The summed E-state index contributed by atoms with van der Waals surface area (Å²) < 4.78 is 0.980. The molecule has 1 heterocycles. The Labute approximate surface area is 137 Å². The zero-order valence-corrected chi connectivity index (χ0v) is 15.2. The first-order chi connectivity index (χ1) is 9.77. The number of carbonyl (C=O) groups is 1. The summed E-state index contributed by atoms with van der Waals surface area (Å²) >= 11 is 3.49. The van der Waals surface area contributed by atoms with Gasteiger partial charge in [0.1, 0.15) is 0 Å². The van der Waals surface area contributed by atoms with Gasteiger partial charge in [-0.05, 0) is 61.3 Å². The molecule has 0 radical (unpaired) electrons. The first-order valence-electron chi connectivity index (χ1n) is 7.84. The van der Waals surface area contributed by atoms with Gasteiger partial charge in [0.15, 0.2) is 0 Å². The van der Waals surface area contributed by atoms with Gasteiger partial charge in [-0.3, -0.25) is 4.79 Å². The summed E-state index contributed by atoms with van der Waals surface area (Å²) in [6.45, 7) is 10.7. The quantitative estimate of drug-likeness (QED) is 0.693. The maximum Gasteiger partial charge on any atom is 0.253 e. The molecule has 1 aliphatic heterocycles. The Balaban J connectivity index is 2.10. The number of carbonyl (C=O) groups excluding carboxylic acids is 1. The molecule has 3 heteroatoms. The lowest BCUT2D eigenvalue weighted by Crippen LogP contribution is -2.32. The highest BCUT2D eigenvalue weighted by molar-refractivity contribution is 9.10. The predicted octanol–water partition coefficient (Wildman–Crippen LogP) is 5.05. The standard InChI is InChI=1S/C18H26BrNO/c1-13-10-14(12-16(19)11-13)17(21)20-8-5-6-15(7-9-20)18(2,3)4/h10-12,15H,5-9H2,1-4H3. The van der Waals surface area contributed by atoms with Crippen molar-refractivity contribution in [2.45, 2.75) is 47.0 Å². The third-order valence-electron chi connectivity index (χ3n) is 4.53. The Hall–Kier alpha value is -0.830. The van der Waals surface area contributed by atoms with Crippen LogP contribution in [0.3, 0.4) is 0 Å². The number of halogens is 1. The molecule has 1 aromatic carbocycles. The zero-order valence-electron chi connectivity index (χ0n) is 13.6. The van der Waals surface area contributed by atoms with Gasteiger partial charge in [0.2, 0.25) is 0 Å². The van der Waals surface area contributed by atoms with E-state index in [1.54, 1.807) is 0 Å². The van der Waals surface area contributed by atoms with E-state index in [-0.39, 0.29) is 5.91 Å². The highest BCUT2D eigenvalue weighted by atomic mass is 79.9. The summed E-state index contributed by atoms with van der Waals surface area (Å²) in [6, 6.07) is 5.95. The van der Waals surface area contributed by atoms with E-state index in [0.717, 1.165) is 41.5 Å². The van der Waals surface area contributed by atoms with Gasteiger partial charge in [0.25, 0.3) is 5.91 Å². The summed E-state index contributed by atoms with van der Waals surface area (Å²) in [4.78, 5) is 14.8. The Morgan fingerprint density at radius 2 is 1.90 bits per heavy atom. The van der Waals surface area contributed by atoms with Crippen LogP contribution >= 0.6 is 15.9 Å². The van der Waals surface area contributed by atoms with Crippen LogP contribution in [0.1, 0.15) is 56.0 Å². The van der Waals surface area contributed by atoms with E-state index in [1.807, 2.05) is 30.0 Å². The molecule has 1 fully saturated rings. The van der Waals surface area contributed by atoms with Crippen molar-refractivity contribution in [3.05, 3.63) is 33.8 Å². The topological polar surface area (TPSA) is 20.3 Å². The second-order valence-electron chi connectivity index (χ2n) is 7.30. The van der Waals surface area contributed by atoms with Crippen LogP contribution in [0.2, 0.25) is 0 Å². The summed E-state index contributed by atoms with van der Waals surface area (Å²) in [6.07, 6.45) is 3.45. The SMILES string of the molecule is Cc1cc(Br)cc(C(=O)N2CCCC(C(C)(C)C)CC2)c1. The maximum atomic E-state index is 12.7. The summed E-state index contributed by atoms with van der Waals surface area (Å²) in [5.74, 6) is 0.883. The van der Waals surface area contributed by atoms with E-state index in [0.29, 0.717) is 11.3 Å². The molecule has 1 atom stereocenters. The minimum Gasteiger partial charge on any atom is -0.339 e. The maximum absolute atomic E-state index is 12.7. The number of benzene rings is 1. The molecule has 1 aromatic rings. The molecule has 21 heavy (non-hydrogen) atoms. The van der Waals surface area contributed by atoms with Crippen molar-refractivity contribution in [3.63, 3.8) is 0 Å². The van der Waals surface area contributed by atoms with E-state index >= 15 is 0 Å². The molecule has 116 valence electrons. The molecule has 2 rings (SSSR count). The molecular formula is C18H26BrNO. The van der Waals surface area contributed by atoms with Crippen LogP contribution in [-0.4, -0.2) is 23.9 Å². The van der Waals surface area contributed by atoms with Crippen LogP contribution in [-0.2, 0) is 0 Å². The second-order valence-corrected chi connectivity index (χ2v) is 8.22. The second kappa shape index (κ2) is 6.51. The highest BCUT2D eigenvalue weighted by Crippen LogP contribution is 2.34. The van der Waals surface area contributed by atoms with Crippen molar-refractivity contribution >= 4 is 21.8 Å². The van der Waals surface area contributed by atoms with Crippen molar-refractivity contribution in [1.29, 1.82) is 0 Å². The lowest BCUT2D eigenvalue weighted by Gasteiger charge is -2.29. The molecule has 1 saturated heterocycles. The summed E-state index contributed by atoms with van der Waals surface area (Å²) in [5.41, 5.74) is 2.26. The molecule has 0 N–H and O–H groups in total. The summed E-state index contributed by atoms with van der Waals surface area (Å²) in [5, 5.41) is 0. The first kappa shape index (κ1) is 16.5. The molecule has 0 aromatic heterocycles. The van der Waals surface area contributed by atoms with Gasteiger partial charge in [0, 0.05) is 23.1 Å². The summed E-state index contributed by atoms with van der Waals surface area (Å²) in [7, 11) is 0. The molecule has 1 aliphatic rings. The molecule has 1 amide bonds. The van der Waals surface area contributed by atoms with Crippen LogP contribution in [0, 0.1) is 18.3 Å². The molecular weight excluding hydrogens is 326 g/mol. The van der Waals surface area contributed by atoms with Crippen LogP contribution in [0.5, 0.6) is 0 Å². The van der Waals surface area contributed by atoms with Crippen molar-refractivity contribution < 1.29 is 4.79 Å². The third-order valence-corrected chi connectivity index (χ3v) is 4.99. The van der Waals surface area contributed by atoms with Crippen LogP contribution in [0.4, 0.5) is 0 Å². The van der Waals surface area contributed by atoms with Crippen LogP contribution in [0.25, 0.3) is 0 Å². The van der Waals surface area contributed by atoms with Gasteiger partial charge in [-0.2, -0.15) is 0 Å². The van der Waals surface area contributed by atoms with Crippen molar-refractivity contribution in [1.82, 2.24) is 4.90 Å². The normalized spacial score (nSPS) is 20.2. The molecule has 0 aliphatic carbocycles. The van der Waals surface area contributed by atoms with Crippen LogP contribution in [0.15, 0.2) is 22.7 Å². The fourth-order valence-corrected chi connectivity index (χ4v) is 3.82. The highest BCUT2D eigenvalue weighted by Gasteiger charge is 2.28.